The van der Waals surface area contributed by atoms with Crippen LogP contribution in [-0.2, 0) is 50.1 Å². The largest absolute Gasteiger partial charge is 0.387 e. The van der Waals surface area contributed by atoms with E-state index in [1.165, 1.54) is 0 Å². The maximum absolute atomic E-state index is 12.0. The molecule has 0 saturated heterocycles. The zero-order chi connectivity index (χ0) is 30.6. The molecular weight excluding hydrogens is 620 g/mol. The quantitative estimate of drug-likeness (QED) is 0.138. The van der Waals surface area contributed by atoms with Gasteiger partial charge in [0.2, 0.25) is 0 Å². The van der Waals surface area contributed by atoms with Gasteiger partial charge in [0.05, 0.1) is 33.0 Å². The fraction of sp³-hybridized carbons (Fsp3) is 0.297. The van der Waals surface area contributed by atoms with Gasteiger partial charge in [-0.15, -0.1) is 6.58 Å². The second kappa shape index (κ2) is 16.8. The molecule has 1 aliphatic carbocycles. The molecule has 230 valence electrons. The van der Waals surface area contributed by atoms with Gasteiger partial charge >= 0.3 is 0 Å². The van der Waals surface area contributed by atoms with E-state index in [1.54, 1.807) is 6.08 Å². The molecule has 1 N–H and O–H groups in total. The van der Waals surface area contributed by atoms with Gasteiger partial charge in [0.15, 0.2) is 0 Å². The van der Waals surface area contributed by atoms with E-state index in [-0.39, 0.29) is 19.8 Å². The minimum atomic E-state index is -1.07. The van der Waals surface area contributed by atoms with Crippen molar-refractivity contribution in [3.05, 3.63) is 155 Å². The monoisotopic (exact) mass is 658 g/mol. The molecule has 6 atom stereocenters. The molecule has 0 amide bonds. The number of hydrogen-bond donors (Lipinski definition) is 1. The SMILES string of the molecule is C=CCO[C@H]1[C@H](OCc2ccccc2)[C@H](OCc2ccc(Br)cc2)[C@H](OCc2ccccc2)[C@H](O)[C@@H]1OCc1ccccc1. The van der Waals surface area contributed by atoms with E-state index in [1.807, 2.05) is 115 Å². The van der Waals surface area contributed by atoms with Gasteiger partial charge in [-0.2, -0.15) is 0 Å². The van der Waals surface area contributed by atoms with Crippen LogP contribution in [0.1, 0.15) is 22.3 Å². The van der Waals surface area contributed by atoms with Crippen LogP contribution in [0.4, 0.5) is 0 Å². The van der Waals surface area contributed by atoms with Gasteiger partial charge in [0, 0.05) is 4.47 Å². The van der Waals surface area contributed by atoms with E-state index in [0.29, 0.717) is 13.2 Å². The number of ether oxygens (including phenoxy) is 5. The first-order valence-electron chi connectivity index (χ1n) is 14.9. The van der Waals surface area contributed by atoms with Crippen molar-refractivity contribution in [2.24, 2.45) is 0 Å². The maximum atomic E-state index is 12.0. The fourth-order valence-electron chi connectivity index (χ4n) is 5.34. The smallest absolute Gasteiger partial charge is 0.116 e. The number of rotatable bonds is 15. The van der Waals surface area contributed by atoms with Crippen LogP contribution in [0.2, 0.25) is 0 Å². The van der Waals surface area contributed by atoms with Crippen LogP contribution in [0.5, 0.6) is 0 Å². The fourth-order valence-corrected chi connectivity index (χ4v) is 5.61. The van der Waals surface area contributed by atoms with Gasteiger partial charge in [0.1, 0.15) is 36.6 Å². The number of halogens is 1. The predicted molar refractivity (Wildman–Crippen MR) is 174 cm³/mol. The summed E-state index contributed by atoms with van der Waals surface area (Å²) in [5.41, 5.74) is 3.97. The average Bonchev–Trinajstić information content (AvgIpc) is 3.07. The standard InChI is InChI=1S/C37H39BrO6/c1-2-22-40-35-33(41-23-27-12-6-3-7-13-27)32(39)34(42-24-28-14-8-4-9-15-28)36(43-26-30-18-20-31(38)21-19-30)37(35)44-25-29-16-10-5-11-17-29/h2-21,32-37,39H,1,22-26H2/t32-,33+,34-,35-,36-,37+/m1/s1. The van der Waals surface area contributed by atoms with Crippen molar-refractivity contribution < 1.29 is 28.8 Å². The Morgan fingerprint density at radius 3 is 1.25 bits per heavy atom. The summed E-state index contributed by atoms with van der Waals surface area (Å²) in [6.45, 7) is 5.30. The minimum Gasteiger partial charge on any atom is -0.387 e. The lowest BCUT2D eigenvalue weighted by atomic mass is 9.83. The molecule has 7 heteroatoms. The van der Waals surface area contributed by atoms with Gasteiger partial charge in [-0.1, -0.05) is 125 Å². The second-order valence-corrected chi connectivity index (χ2v) is 11.7. The molecule has 0 bridgehead atoms. The molecule has 0 radical (unpaired) electrons. The third-order valence-corrected chi connectivity index (χ3v) is 8.12. The van der Waals surface area contributed by atoms with Crippen molar-refractivity contribution in [1.29, 1.82) is 0 Å². The molecule has 1 fully saturated rings. The summed E-state index contributed by atoms with van der Waals surface area (Å²) in [5.74, 6) is 0. The molecule has 0 aromatic heterocycles. The average molecular weight is 660 g/mol. The Morgan fingerprint density at radius 2 is 0.841 bits per heavy atom. The van der Waals surface area contributed by atoms with E-state index in [4.69, 9.17) is 23.7 Å². The first-order valence-corrected chi connectivity index (χ1v) is 15.6. The van der Waals surface area contributed by atoms with E-state index in [2.05, 4.69) is 22.5 Å². The zero-order valence-electron chi connectivity index (χ0n) is 24.6. The maximum Gasteiger partial charge on any atom is 0.116 e. The van der Waals surface area contributed by atoms with E-state index in [9.17, 15) is 5.11 Å². The molecule has 0 unspecified atom stereocenters. The molecule has 0 spiro atoms. The van der Waals surface area contributed by atoms with E-state index < -0.39 is 36.6 Å². The molecule has 4 aromatic carbocycles. The first-order chi connectivity index (χ1) is 21.6. The summed E-state index contributed by atoms with van der Waals surface area (Å²) in [5, 5.41) is 12.0. The molecule has 44 heavy (non-hydrogen) atoms. The minimum absolute atomic E-state index is 0.253. The molecule has 0 aliphatic heterocycles. The molecule has 1 aliphatic rings. The van der Waals surface area contributed by atoms with Crippen LogP contribution in [0, 0.1) is 0 Å². The lowest BCUT2D eigenvalue weighted by Gasteiger charge is -2.48. The highest BCUT2D eigenvalue weighted by molar-refractivity contribution is 9.10. The Morgan fingerprint density at radius 1 is 0.500 bits per heavy atom. The van der Waals surface area contributed by atoms with Gasteiger partial charge in [-0.3, -0.25) is 0 Å². The summed E-state index contributed by atoms with van der Waals surface area (Å²) in [4.78, 5) is 0. The van der Waals surface area contributed by atoms with Crippen molar-refractivity contribution in [2.75, 3.05) is 6.61 Å². The van der Waals surface area contributed by atoms with Crippen LogP contribution in [0.25, 0.3) is 0 Å². The second-order valence-electron chi connectivity index (χ2n) is 10.8. The first kappa shape index (κ1) is 32.3. The van der Waals surface area contributed by atoms with Gasteiger partial charge in [0.25, 0.3) is 0 Å². The Kier molecular flexibility index (Phi) is 12.3. The topological polar surface area (TPSA) is 66.4 Å². The summed E-state index contributed by atoms with van der Waals surface area (Å²) in [7, 11) is 0. The Labute approximate surface area is 268 Å². The zero-order valence-corrected chi connectivity index (χ0v) is 26.2. The summed E-state index contributed by atoms with van der Waals surface area (Å²) < 4.78 is 33.5. The van der Waals surface area contributed by atoms with Crippen molar-refractivity contribution in [3.63, 3.8) is 0 Å². The Bertz CT molecular complexity index is 1390. The third-order valence-electron chi connectivity index (χ3n) is 7.59. The number of aliphatic hydroxyl groups is 1. The number of aliphatic hydroxyl groups excluding tert-OH is 1. The van der Waals surface area contributed by atoms with E-state index >= 15 is 0 Å². The molecular formula is C37H39BrO6. The summed E-state index contributed by atoms with van der Waals surface area (Å²) in [6, 6.07) is 37.7. The highest BCUT2D eigenvalue weighted by atomic mass is 79.9. The van der Waals surface area contributed by atoms with Gasteiger partial charge < -0.3 is 28.8 Å². The van der Waals surface area contributed by atoms with Crippen LogP contribution in [-0.4, -0.2) is 48.3 Å². The third kappa shape index (κ3) is 8.96. The van der Waals surface area contributed by atoms with Gasteiger partial charge in [-0.25, -0.2) is 0 Å². The molecule has 6 nitrogen and oxygen atoms in total. The van der Waals surface area contributed by atoms with Crippen LogP contribution in [0.15, 0.2) is 132 Å². The number of hydrogen-bond acceptors (Lipinski definition) is 6. The molecule has 1 saturated carbocycles. The van der Waals surface area contributed by atoms with Crippen molar-refractivity contribution in [1.82, 2.24) is 0 Å². The van der Waals surface area contributed by atoms with Crippen molar-refractivity contribution >= 4 is 15.9 Å². The molecule has 4 aromatic rings. The summed E-state index contributed by atoms with van der Waals surface area (Å²) >= 11 is 3.50. The van der Waals surface area contributed by atoms with E-state index in [0.717, 1.165) is 26.7 Å². The highest BCUT2D eigenvalue weighted by Crippen LogP contribution is 2.34. The lowest BCUT2D eigenvalue weighted by molar-refractivity contribution is -0.279. The highest BCUT2D eigenvalue weighted by Gasteiger charge is 2.54. The summed E-state index contributed by atoms with van der Waals surface area (Å²) in [6.07, 6.45) is -2.88. The van der Waals surface area contributed by atoms with Crippen LogP contribution in [0.3, 0.4) is 0 Å². The normalized spacial score (nSPS) is 23.3. The van der Waals surface area contributed by atoms with Crippen LogP contribution < -0.4 is 0 Å². The Balaban J connectivity index is 1.47. The number of benzene rings is 4. The predicted octanol–water partition coefficient (Wildman–Crippen LogP) is 7.04. The van der Waals surface area contributed by atoms with Crippen LogP contribution >= 0.6 is 15.9 Å². The Hall–Kier alpha value is -3.14. The van der Waals surface area contributed by atoms with Gasteiger partial charge in [-0.05, 0) is 34.4 Å². The van der Waals surface area contributed by atoms with Crippen molar-refractivity contribution in [3.8, 4) is 0 Å². The molecule has 5 rings (SSSR count). The van der Waals surface area contributed by atoms with Crippen molar-refractivity contribution in [2.45, 2.75) is 63.1 Å². The lowest BCUT2D eigenvalue weighted by Crippen LogP contribution is -2.66. The molecule has 0 heterocycles.